The van der Waals surface area contributed by atoms with E-state index in [1.165, 1.54) is 6.92 Å². The molecule has 1 aromatic carbocycles. The first-order chi connectivity index (χ1) is 7.75. The molecule has 1 aliphatic heterocycles. The SMILES string of the molecule is CC(=O)Nc1ccccc1OCC[C@H]1CO1. The number of amides is 1. The zero-order chi connectivity index (χ0) is 11.4. The van der Waals surface area contributed by atoms with Crippen molar-refractivity contribution >= 4 is 11.6 Å². The number of nitrogens with one attached hydrogen (secondary N) is 1. The molecular weight excluding hydrogens is 206 g/mol. The van der Waals surface area contributed by atoms with Crippen LogP contribution in [-0.2, 0) is 9.53 Å². The van der Waals surface area contributed by atoms with Crippen LogP contribution < -0.4 is 10.1 Å². The summed E-state index contributed by atoms with van der Waals surface area (Å²) in [5, 5.41) is 2.73. The third-order valence-electron chi connectivity index (χ3n) is 2.30. The fourth-order valence-electron chi connectivity index (χ4n) is 1.42. The van der Waals surface area contributed by atoms with E-state index in [1.807, 2.05) is 24.3 Å². The fourth-order valence-corrected chi connectivity index (χ4v) is 1.42. The average Bonchev–Trinajstić information content (AvgIpc) is 3.04. The smallest absolute Gasteiger partial charge is 0.221 e. The Morgan fingerprint density at radius 2 is 2.31 bits per heavy atom. The lowest BCUT2D eigenvalue weighted by Gasteiger charge is -2.10. The highest BCUT2D eigenvalue weighted by molar-refractivity contribution is 5.90. The van der Waals surface area contributed by atoms with Crippen molar-refractivity contribution in [2.45, 2.75) is 19.4 Å². The van der Waals surface area contributed by atoms with Gasteiger partial charge in [0, 0.05) is 13.3 Å². The highest BCUT2D eigenvalue weighted by Gasteiger charge is 2.21. The molecule has 0 saturated carbocycles. The van der Waals surface area contributed by atoms with Crippen LogP contribution in [-0.4, -0.2) is 25.2 Å². The minimum Gasteiger partial charge on any atom is -0.491 e. The van der Waals surface area contributed by atoms with Gasteiger partial charge in [0.2, 0.25) is 5.91 Å². The van der Waals surface area contributed by atoms with E-state index in [0.29, 0.717) is 24.1 Å². The second-order valence-corrected chi connectivity index (χ2v) is 3.77. The molecule has 86 valence electrons. The normalized spacial score (nSPS) is 17.9. The first kappa shape index (κ1) is 11.0. The van der Waals surface area contributed by atoms with Crippen LogP contribution in [0.25, 0.3) is 0 Å². The van der Waals surface area contributed by atoms with Gasteiger partial charge in [-0.05, 0) is 12.1 Å². The van der Waals surface area contributed by atoms with Crippen molar-refractivity contribution in [1.29, 1.82) is 0 Å². The summed E-state index contributed by atoms with van der Waals surface area (Å²) in [5.41, 5.74) is 0.715. The zero-order valence-electron chi connectivity index (χ0n) is 9.23. The maximum atomic E-state index is 11.0. The number of rotatable bonds is 5. The van der Waals surface area contributed by atoms with Crippen LogP contribution in [0.15, 0.2) is 24.3 Å². The Bertz CT molecular complexity index is 374. The number of ether oxygens (including phenoxy) is 2. The highest BCUT2D eigenvalue weighted by atomic mass is 16.6. The fraction of sp³-hybridized carbons (Fsp3) is 0.417. The molecule has 1 atom stereocenters. The van der Waals surface area contributed by atoms with Crippen LogP contribution in [0, 0.1) is 0 Å². The van der Waals surface area contributed by atoms with Crippen LogP contribution in [0.5, 0.6) is 5.75 Å². The van der Waals surface area contributed by atoms with E-state index >= 15 is 0 Å². The molecule has 1 heterocycles. The first-order valence-corrected chi connectivity index (χ1v) is 5.37. The highest BCUT2D eigenvalue weighted by Crippen LogP contribution is 2.24. The molecule has 1 saturated heterocycles. The van der Waals surface area contributed by atoms with Crippen LogP contribution in [0.4, 0.5) is 5.69 Å². The van der Waals surface area contributed by atoms with Gasteiger partial charge in [0.05, 0.1) is 25.0 Å². The topological polar surface area (TPSA) is 50.9 Å². The summed E-state index contributed by atoms with van der Waals surface area (Å²) >= 11 is 0. The van der Waals surface area contributed by atoms with E-state index in [9.17, 15) is 4.79 Å². The number of anilines is 1. The van der Waals surface area contributed by atoms with Gasteiger partial charge in [-0.2, -0.15) is 0 Å². The molecule has 0 bridgehead atoms. The largest absolute Gasteiger partial charge is 0.491 e. The van der Waals surface area contributed by atoms with E-state index in [4.69, 9.17) is 9.47 Å². The number of benzene rings is 1. The minimum absolute atomic E-state index is 0.0958. The Morgan fingerprint density at radius 3 is 3.00 bits per heavy atom. The van der Waals surface area contributed by atoms with Gasteiger partial charge < -0.3 is 14.8 Å². The molecule has 4 nitrogen and oxygen atoms in total. The van der Waals surface area contributed by atoms with Gasteiger partial charge in [-0.25, -0.2) is 0 Å². The van der Waals surface area contributed by atoms with E-state index in [0.717, 1.165) is 13.0 Å². The van der Waals surface area contributed by atoms with Crippen LogP contribution in [0.1, 0.15) is 13.3 Å². The van der Waals surface area contributed by atoms with Crippen molar-refractivity contribution in [1.82, 2.24) is 0 Å². The molecule has 1 aromatic rings. The van der Waals surface area contributed by atoms with Gasteiger partial charge in [-0.15, -0.1) is 0 Å². The van der Waals surface area contributed by atoms with Gasteiger partial charge in [-0.1, -0.05) is 12.1 Å². The Balaban J connectivity index is 1.91. The number of para-hydroxylation sites is 2. The van der Waals surface area contributed by atoms with Gasteiger partial charge in [0.1, 0.15) is 5.75 Å². The predicted octanol–water partition coefficient (Wildman–Crippen LogP) is 1.81. The lowest BCUT2D eigenvalue weighted by Crippen LogP contribution is -2.08. The van der Waals surface area contributed by atoms with Crippen LogP contribution in [0.2, 0.25) is 0 Å². The summed E-state index contributed by atoms with van der Waals surface area (Å²) in [6, 6.07) is 7.42. The molecule has 0 aromatic heterocycles. The van der Waals surface area contributed by atoms with Crippen molar-refractivity contribution in [2.75, 3.05) is 18.5 Å². The third-order valence-corrected chi connectivity index (χ3v) is 2.30. The van der Waals surface area contributed by atoms with E-state index in [-0.39, 0.29) is 5.91 Å². The standard InChI is InChI=1S/C12H15NO3/c1-9(14)13-11-4-2-3-5-12(11)15-7-6-10-8-16-10/h2-5,10H,6-8H2,1H3,(H,13,14)/t10-/m0/s1. The lowest BCUT2D eigenvalue weighted by atomic mass is 10.3. The Morgan fingerprint density at radius 1 is 1.56 bits per heavy atom. The van der Waals surface area contributed by atoms with Gasteiger partial charge in [-0.3, -0.25) is 4.79 Å². The molecule has 0 aliphatic carbocycles. The van der Waals surface area contributed by atoms with Crippen molar-refractivity contribution < 1.29 is 14.3 Å². The number of hydrogen-bond donors (Lipinski definition) is 1. The second-order valence-electron chi connectivity index (χ2n) is 3.77. The Kier molecular flexibility index (Phi) is 3.41. The van der Waals surface area contributed by atoms with Gasteiger partial charge in [0.15, 0.2) is 0 Å². The number of carbonyl (C=O) groups excluding carboxylic acids is 1. The molecule has 0 spiro atoms. The van der Waals surface area contributed by atoms with Crippen molar-refractivity contribution in [3.05, 3.63) is 24.3 Å². The van der Waals surface area contributed by atoms with Crippen LogP contribution >= 0.6 is 0 Å². The molecule has 0 radical (unpaired) electrons. The molecule has 1 fully saturated rings. The van der Waals surface area contributed by atoms with Crippen molar-refractivity contribution in [3.63, 3.8) is 0 Å². The van der Waals surface area contributed by atoms with Gasteiger partial charge in [0.25, 0.3) is 0 Å². The molecular formula is C12H15NO3. The van der Waals surface area contributed by atoms with Crippen molar-refractivity contribution in [3.8, 4) is 5.75 Å². The Hall–Kier alpha value is -1.55. The number of carbonyl (C=O) groups is 1. The monoisotopic (exact) mass is 221 g/mol. The van der Waals surface area contributed by atoms with Crippen LogP contribution in [0.3, 0.4) is 0 Å². The predicted molar refractivity (Wildman–Crippen MR) is 60.6 cm³/mol. The zero-order valence-corrected chi connectivity index (χ0v) is 9.23. The number of epoxide rings is 1. The first-order valence-electron chi connectivity index (χ1n) is 5.37. The molecule has 4 heteroatoms. The molecule has 1 amide bonds. The van der Waals surface area contributed by atoms with E-state index < -0.39 is 0 Å². The maximum Gasteiger partial charge on any atom is 0.221 e. The summed E-state index contributed by atoms with van der Waals surface area (Å²) in [7, 11) is 0. The second kappa shape index (κ2) is 4.99. The lowest BCUT2D eigenvalue weighted by molar-refractivity contribution is -0.114. The molecule has 16 heavy (non-hydrogen) atoms. The van der Waals surface area contributed by atoms with E-state index in [2.05, 4.69) is 5.32 Å². The summed E-state index contributed by atoms with van der Waals surface area (Å²) in [6.45, 7) is 2.94. The molecule has 2 rings (SSSR count). The van der Waals surface area contributed by atoms with E-state index in [1.54, 1.807) is 0 Å². The number of hydrogen-bond acceptors (Lipinski definition) is 3. The average molecular weight is 221 g/mol. The quantitative estimate of drug-likeness (QED) is 0.771. The minimum atomic E-state index is -0.0958. The summed E-state index contributed by atoms with van der Waals surface area (Å²) < 4.78 is 10.7. The maximum absolute atomic E-state index is 11.0. The summed E-state index contributed by atoms with van der Waals surface area (Å²) in [6.07, 6.45) is 1.27. The summed E-state index contributed by atoms with van der Waals surface area (Å²) in [4.78, 5) is 11.0. The Labute approximate surface area is 94.6 Å². The molecule has 1 aliphatic rings. The molecule has 1 N–H and O–H groups in total. The van der Waals surface area contributed by atoms with Crippen molar-refractivity contribution in [2.24, 2.45) is 0 Å². The van der Waals surface area contributed by atoms with Gasteiger partial charge >= 0.3 is 0 Å². The third kappa shape index (κ3) is 3.24. The summed E-state index contributed by atoms with van der Waals surface area (Å²) in [5.74, 6) is 0.611. The molecule has 0 unspecified atom stereocenters.